The largest absolute Gasteiger partial charge is 0.492 e. The van der Waals surface area contributed by atoms with Crippen LogP contribution in [-0.4, -0.2) is 32.7 Å². The van der Waals surface area contributed by atoms with Crippen molar-refractivity contribution in [3.8, 4) is 5.75 Å². The lowest BCUT2D eigenvalue weighted by atomic mass is 10.2. The maximum Gasteiger partial charge on any atom is 0.176 e. The Hall–Kier alpha value is -1.27. The van der Waals surface area contributed by atoms with Gasteiger partial charge in [0, 0.05) is 26.2 Å². The third-order valence-corrected chi connectivity index (χ3v) is 4.67. The predicted molar refractivity (Wildman–Crippen MR) is 86.6 cm³/mol. The molecule has 1 saturated carbocycles. The first-order chi connectivity index (χ1) is 10.2. The molecule has 0 saturated heterocycles. The fourth-order valence-electron chi connectivity index (χ4n) is 2.03. The number of methoxy groups -OCH3 is 1. The number of hydrogen-bond acceptors (Lipinski definition) is 6. The lowest BCUT2D eigenvalue weighted by Gasteiger charge is -2.07. The summed E-state index contributed by atoms with van der Waals surface area (Å²) in [6, 6.07) is 0. The lowest BCUT2D eigenvalue weighted by Crippen LogP contribution is -2.06. The number of nitrogens with two attached hydrogens (primary N) is 1. The molecule has 0 aliphatic heterocycles. The monoisotopic (exact) mass is 312 g/mol. The summed E-state index contributed by atoms with van der Waals surface area (Å²) in [6.07, 6.45) is 4.00. The molecule has 1 aromatic rings. The number of ketones is 1. The Morgan fingerprint density at radius 3 is 2.86 bits per heavy atom. The molecule has 1 fully saturated rings. The van der Waals surface area contributed by atoms with E-state index in [2.05, 4.69) is 5.32 Å². The average molecular weight is 312 g/mol. The Kier molecular flexibility index (Phi) is 5.87. The van der Waals surface area contributed by atoms with Gasteiger partial charge in [-0.25, -0.2) is 0 Å². The van der Waals surface area contributed by atoms with Crippen LogP contribution in [-0.2, 0) is 4.74 Å². The van der Waals surface area contributed by atoms with Crippen LogP contribution in [0.25, 0.3) is 0 Å². The van der Waals surface area contributed by atoms with Crippen LogP contribution in [0.3, 0.4) is 0 Å². The topological polar surface area (TPSA) is 73.6 Å². The van der Waals surface area contributed by atoms with Gasteiger partial charge in [-0.1, -0.05) is 6.92 Å². The predicted octanol–water partition coefficient (Wildman–Crippen LogP) is 3.16. The quantitative estimate of drug-likeness (QED) is 0.513. The summed E-state index contributed by atoms with van der Waals surface area (Å²) in [7, 11) is 1.57. The van der Waals surface area contributed by atoms with Gasteiger partial charge in [-0.15, -0.1) is 11.3 Å². The summed E-state index contributed by atoms with van der Waals surface area (Å²) < 4.78 is 10.9. The van der Waals surface area contributed by atoms with Crippen LogP contribution < -0.4 is 15.8 Å². The molecule has 0 aromatic carbocycles. The van der Waals surface area contributed by atoms with E-state index >= 15 is 0 Å². The number of nitrogens with one attached hydrogen (secondary N) is 1. The molecule has 21 heavy (non-hydrogen) atoms. The van der Waals surface area contributed by atoms with Crippen molar-refractivity contribution in [1.29, 1.82) is 0 Å². The van der Waals surface area contributed by atoms with E-state index in [1.165, 1.54) is 24.2 Å². The minimum atomic E-state index is 0.0524. The van der Waals surface area contributed by atoms with E-state index in [0.717, 1.165) is 37.1 Å². The SMILES string of the molecule is CCC(=O)c1sc(NCCCOCC2CC2)c(OC)c1N. The van der Waals surface area contributed by atoms with Gasteiger partial charge in [0.05, 0.1) is 17.7 Å². The van der Waals surface area contributed by atoms with Gasteiger partial charge in [0.25, 0.3) is 0 Å². The van der Waals surface area contributed by atoms with E-state index in [0.29, 0.717) is 22.7 Å². The van der Waals surface area contributed by atoms with Gasteiger partial charge in [-0.3, -0.25) is 4.79 Å². The Bertz CT molecular complexity index is 484. The fraction of sp³-hybridized carbons (Fsp3) is 0.667. The van der Waals surface area contributed by atoms with Crippen LogP contribution in [0.5, 0.6) is 5.75 Å². The Morgan fingerprint density at radius 2 is 2.24 bits per heavy atom. The Balaban J connectivity index is 1.81. The standard InChI is InChI=1S/C15H24N2O3S/c1-3-11(18)14-12(16)13(19-2)15(21-14)17-7-4-8-20-9-10-5-6-10/h10,17H,3-9,16H2,1-2H3. The highest BCUT2D eigenvalue weighted by Crippen LogP contribution is 2.42. The fourth-order valence-corrected chi connectivity index (χ4v) is 3.15. The minimum Gasteiger partial charge on any atom is -0.492 e. The highest BCUT2D eigenvalue weighted by atomic mass is 32.1. The number of carbonyl (C=O) groups excluding carboxylic acids is 1. The zero-order valence-corrected chi connectivity index (χ0v) is 13.6. The average Bonchev–Trinajstić information content (AvgIpc) is 3.25. The van der Waals surface area contributed by atoms with E-state index in [-0.39, 0.29) is 5.78 Å². The molecule has 3 N–H and O–H groups in total. The van der Waals surface area contributed by atoms with Crippen molar-refractivity contribution in [2.45, 2.75) is 32.6 Å². The van der Waals surface area contributed by atoms with Gasteiger partial charge in [0.15, 0.2) is 11.5 Å². The van der Waals surface area contributed by atoms with Crippen molar-refractivity contribution in [3.05, 3.63) is 4.88 Å². The smallest absolute Gasteiger partial charge is 0.176 e. The molecule has 6 heteroatoms. The van der Waals surface area contributed by atoms with Gasteiger partial charge >= 0.3 is 0 Å². The molecule has 0 radical (unpaired) electrons. The number of ether oxygens (including phenoxy) is 2. The van der Waals surface area contributed by atoms with Crippen LogP contribution >= 0.6 is 11.3 Å². The van der Waals surface area contributed by atoms with E-state index < -0.39 is 0 Å². The highest BCUT2D eigenvalue weighted by molar-refractivity contribution is 7.19. The molecule has 0 amide bonds. The molecule has 0 atom stereocenters. The molecular weight excluding hydrogens is 288 g/mol. The number of carbonyl (C=O) groups is 1. The molecule has 2 rings (SSSR count). The second-order valence-corrected chi connectivity index (χ2v) is 6.30. The van der Waals surface area contributed by atoms with Crippen molar-refractivity contribution in [1.82, 2.24) is 0 Å². The van der Waals surface area contributed by atoms with Crippen molar-refractivity contribution >= 4 is 27.8 Å². The van der Waals surface area contributed by atoms with Crippen molar-refractivity contribution in [3.63, 3.8) is 0 Å². The summed E-state index contributed by atoms with van der Waals surface area (Å²) in [5.41, 5.74) is 6.43. The van der Waals surface area contributed by atoms with Gasteiger partial charge in [0.2, 0.25) is 0 Å². The Morgan fingerprint density at radius 1 is 1.48 bits per heavy atom. The number of rotatable bonds is 10. The van der Waals surface area contributed by atoms with E-state index in [1.807, 2.05) is 6.92 Å². The number of nitrogen functional groups attached to an aromatic ring is 1. The number of Topliss-reactive ketones (excluding diaryl/α,β-unsaturated/α-hetero) is 1. The van der Waals surface area contributed by atoms with Gasteiger partial charge < -0.3 is 20.5 Å². The molecule has 118 valence electrons. The van der Waals surface area contributed by atoms with Crippen LogP contribution in [0.2, 0.25) is 0 Å². The van der Waals surface area contributed by atoms with Crippen LogP contribution in [0.15, 0.2) is 0 Å². The maximum absolute atomic E-state index is 11.8. The maximum atomic E-state index is 11.8. The molecule has 1 aliphatic carbocycles. The molecule has 1 aliphatic rings. The van der Waals surface area contributed by atoms with E-state index in [9.17, 15) is 4.79 Å². The zero-order chi connectivity index (χ0) is 15.2. The third-order valence-electron chi connectivity index (χ3n) is 3.48. The first kappa shape index (κ1) is 16.1. The van der Waals surface area contributed by atoms with Crippen LogP contribution in [0.1, 0.15) is 42.3 Å². The first-order valence-electron chi connectivity index (χ1n) is 7.48. The summed E-state index contributed by atoms with van der Waals surface area (Å²) in [4.78, 5) is 12.4. The number of anilines is 2. The van der Waals surface area contributed by atoms with Crippen molar-refractivity contribution < 1.29 is 14.3 Å². The molecule has 0 spiro atoms. The molecule has 5 nitrogen and oxygen atoms in total. The normalized spacial score (nSPS) is 14.2. The van der Waals surface area contributed by atoms with Crippen molar-refractivity contribution in [2.24, 2.45) is 5.92 Å². The molecular formula is C15H24N2O3S. The lowest BCUT2D eigenvalue weighted by molar-refractivity contribution is 0.0992. The molecule has 0 unspecified atom stereocenters. The number of thiophene rings is 1. The second kappa shape index (κ2) is 7.66. The van der Waals surface area contributed by atoms with Gasteiger partial charge in [-0.2, -0.15) is 0 Å². The summed E-state index contributed by atoms with van der Waals surface area (Å²) >= 11 is 1.37. The van der Waals surface area contributed by atoms with E-state index in [1.54, 1.807) is 7.11 Å². The zero-order valence-electron chi connectivity index (χ0n) is 12.7. The minimum absolute atomic E-state index is 0.0524. The summed E-state index contributed by atoms with van der Waals surface area (Å²) in [5, 5.41) is 4.12. The third kappa shape index (κ3) is 4.35. The van der Waals surface area contributed by atoms with Gasteiger partial charge in [-0.05, 0) is 25.2 Å². The molecule has 1 heterocycles. The van der Waals surface area contributed by atoms with Crippen LogP contribution in [0, 0.1) is 5.92 Å². The highest BCUT2D eigenvalue weighted by Gasteiger charge is 2.21. The van der Waals surface area contributed by atoms with Crippen molar-refractivity contribution in [2.75, 3.05) is 37.9 Å². The molecule has 1 aromatic heterocycles. The first-order valence-corrected chi connectivity index (χ1v) is 8.30. The molecule has 0 bridgehead atoms. The van der Waals surface area contributed by atoms with Gasteiger partial charge in [0.1, 0.15) is 5.00 Å². The Labute approximate surface area is 129 Å². The second-order valence-electron chi connectivity index (χ2n) is 5.28. The van der Waals surface area contributed by atoms with Crippen LogP contribution in [0.4, 0.5) is 10.7 Å². The summed E-state index contributed by atoms with van der Waals surface area (Å²) in [6.45, 7) is 4.26. The number of hydrogen-bond donors (Lipinski definition) is 2. The van der Waals surface area contributed by atoms with E-state index in [4.69, 9.17) is 15.2 Å². The summed E-state index contributed by atoms with van der Waals surface area (Å²) in [5.74, 6) is 1.44.